The van der Waals surface area contributed by atoms with Crippen LogP contribution >= 0.6 is 0 Å². The maximum absolute atomic E-state index is 6.88. The Hall–Kier alpha value is -9.39. The van der Waals surface area contributed by atoms with E-state index in [9.17, 15) is 0 Å². The fourth-order valence-corrected chi connectivity index (χ4v) is 14.7. The monoisotopic (exact) mass is 935 g/mol. The third-order valence-electron chi connectivity index (χ3n) is 17.6. The summed E-state index contributed by atoms with van der Waals surface area (Å²) < 4.78 is 13.7. The Morgan fingerprint density at radius 3 is 1.08 bits per heavy atom. The van der Waals surface area contributed by atoms with Gasteiger partial charge in [-0.05, 0) is 108 Å². The third kappa shape index (κ3) is 4.55. The number of furan rings is 2. The Morgan fingerprint density at radius 1 is 0.243 bits per heavy atom. The summed E-state index contributed by atoms with van der Waals surface area (Å²) in [4.78, 5) is 7.97. The van der Waals surface area contributed by atoms with Crippen LogP contribution in [-0.2, 0) is 0 Å². The largest absolute Gasteiger partial charge is 0.456 e. The lowest BCUT2D eigenvalue weighted by Crippen LogP contribution is -2.74. The van der Waals surface area contributed by atoms with Gasteiger partial charge in [-0.25, -0.2) is 0 Å². The molecule has 8 heterocycles. The van der Waals surface area contributed by atoms with E-state index >= 15 is 0 Å². The highest BCUT2D eigenvalue weighted by Gasteiger charge is 2.57. The van der Waals surface area contributed by atoms with Crippen molar-refractivity contribution in [1.29, 1.82) is 0 Å². The topological polar surface area (TPSA) is 36.0 Å². The zero-order valence-electron chi connectivity index (χ0n) is 39.7. The fourth-order valence-electron chi connectivity index (χ4n) is 14.7. The van der Waals surface area contributed by atoms with Crippen molar-refractivity contribution in [2.24, 2.45) is 0 Å². The molecule has 0 aliphatic carbocycles. The summed E-state index contributed by atoms with van der Waals surface area (Å²) in [5.41, 5.74) is 31.4. The minimum absolute atomic E-state index is 0.0440. The zero-order chi connectivity index (χ0) is 47.7. The molecule has 0 radical (unpaired) electrons. The van der Waals surface area contributed by atoms with E-state index in [1.165, 1.54) is 111 Å². The van der Waals surface area contributed by atoms with Crippen LogP contribution in [0.15, 0.2) is 227 Å². The van der Waals surface area contributed by atoms with Crippen molar-refractivity contribution in [3.63, 3.8) is 0 Å². The average molecular weight is 935 g/mol. The van der Waals surface area contributed by atoms with Gasteiger partial charge < -0.3 is 23.5 Å². The molecular formula is C66H36B3N3O2. The predicted octanol–water partition coefficient (Wildman–Crippen LogP) is 10.7. The molecule has 13 aromatic rings. The molecule has 0 amide bonds. The van der Waals surface area contributed by atoms with E-state index in [1.54, 1.807) is 0 Å². The average Bonchev–Trinajstić information content (AvgIpc) is 4.16. The van der Waals surface area contributed by atoms with Crippen LogP contribution in [0, 0.1) is 0 Å². The van der Waals surface area contributed by atoms with Gasteiger partial charge in [-0.3, -0.25) is 0 Å². The number of hydrogen-bond donors (Lipinski definition) is 0. The molecule has 6 aliphatic rings. The molecule has 0 bridgehead atoms. The van der Waals surface area contributed by atoms with Gasteiger partial charge in [0.25, 0.3) is 20.1 Å². The van der Waals surface area contributed by atoms with Gasteiger partial charge in [0.1, 0.15) is 22.3 Å². The van der Waals surface area contributed by atoms with Crippen LogP contribution in [0.2, 0.25) is 0 Å². The van der Waals surface area contributed by atoms with E-state index in [0.717, 1.165) is 55.3 Å². The molecule has 74 heavy (non-hydrogen) atoms. The van der Waals surface area contributed by atoms with Crippen LogP contribution in [0.3, 0.4) is 0 Å². The second-order valence-corrected chi connectivity index (χ2v) is 21.0. The lowest BCUT2D eigenvalue weighted by molar-refractivity contribution is 0.669. The van der Waals surface area contributed by atoms with Gasteiger partial charge in [0.05, 0.1) is 0 Å². The van der Waals surface area contributed by atoms with E-state index in [-0.39, 0.29) is 20.1 Å². The van der Waals surface area contributed by atoms with Crippen molar-refractivity contribution in [2.45, 2.75) is 0 Å². The van der Waals surface area contributed by atoms with E-state index in [4.69, 9.17) is 8.83 Å². The van der Waals surface area contributed by atoms with Crippen molar-refractivity contribution in [1.82, 2.24) is 0 Å². The lowest BCUT2D eigenvalue weighted by Gasteiger charge is -2.55. The minimum Gasteiger partial charge on any atom is -0.456 e. The molecule has 0 N–H and O–H groups in total. The second-order valence-electron chi connectivity index (χ2n) is 21.0. The highest BCUT2D eigenvalue weighted by molar-refractivity contribution is 7.09. The molecule has 2 aromatic heterocycles. The number of anilines is 9. The Kier molecular flexibility index (Phi) is 6.92. The van der Waals surface area contributed by atoms with Crippen LogP contribution in [0.25, 0.3) is 66.1 Å². The highest BCUT2D eigenvalue weighted by atomic mass is 16.3. The summed E-state index contributed by atoms with van der Waals surface area (Å²) in [5, 5.41) is 4.53. The molecule has 5 nitrogen and oxygen atoms in total. The Balaban J connectivity index is 1.03. The van der Waals surface area contributed by atoms with Crippen LogP contribution in [-0.4, -0.2) is 20.1 Å². The summed E-state index contributed by atoms with van der Waals surface area (Å²) in [6.45, 7) is -0.243. The standard InChI is InChI=1S/C66H36B3N3O2/c1-3-15-37(16-4-1)39-27-29-53-47(31-39)67-45-21-9-11-23-51(45)70-52-24-12-10-22-46(52)68-49-33-43-41-19-7-13-25-57(41)73-59(43)35-55(49)72-56-36-60-44(42-20-8-14-26-58(42)74-60)34-50(56)69-48-32-40(38-17-5-2-6-18-38)28-30-54(48)71(53)65-61(67)64(70)62(68)66(72)63(65)69/h1-36H. The van der Waals surface area contributed by atoms with Gasteiger partial charge in [0, 0.05) is 84.9 Å². The van der Waals surface area contributed by atoms with Crippen LogP contribution in [0.4, 0.5) is 51.2 Å². The van der Waals surface area contributed by atoms with Crippen LogP contribution in [0.5, 0.6) is 0 Å². The maximum Gasteiger partial charge on any atom is 0.252 e. The van der Waals surface area contributed by atoms with Gasteiger partial charge in [0.15, 0.2) is 0 Å². The molecule has 0 saturated carbocycles. The van der Waals surface area contributed by atoms with Gasteiger partial charge in [0.2, 0.25) is 0 Å². The van der Waals surface area contributed by atoms with Crippen molar-refractivity contribution in [3.05, 3.63) is 218 Å². The predicted molar refractivity (Wildman–Crippen MR) is 310 cm³/mol. The molecule has 0 atom stereocenters. The van der Waals surface area contributed by atoms with Crippen molar-refractivity contribution in [2.75, 3.05) is 14.7 Å². The molecule has 11 aromatic carbocycles. The third-order valence-corrected chi connectivity index (χ3v) is 17.6. The molecule has 19 rings (SSSR count). The van der Waals surface area contributed by atoms with E-state index in [0.29, 0.717) is 0 Å². The molecule has 8 heteroatoms. The number of rotatable bonds is 2. The van der Waals surface area contributed by atoms with Crippen molar-refractivity contribution in [3.8, 4) is 22.3 Å². The van der Waals surface area contributed by atoms with Crippen LogP contribution in [0.1, 0.15) is 0 Å². The quantitative estimate of drug-likeness (QED) is 0.161. The lowest BCUT2D eigenvalue weighted by atomic mass is 9.24. The van der Waals surface area contributed by atoms with Gasteiger partial charge >= 0.3 is 0 Å². The van der Waals surface area contributed by atoms with Gasteiger partial charge in [-0.15, -0.1) is 0 Å². The molecule has 6 aliphatic heterocycles. The summed E-state index contributed by atoms with van der Waals surface area (Å²) >= 11 is 0. The number of hydrogen-bond acceptors (Lipinski definition) is 5. The van der Waals surface area contributed by atoms with Crippen molar-refractivity contribution < 1.29 is 8.83 Å². The van der Waals surface area contributed by atoms with Gasteiger partial charge in [-0.1, -0.05) is 170 Å². The van der Waals surface area contributed by atoms with E-state index in [1.807, 2.05) is 0 Å². The smallest absolute Gasteiger partial charge is 0.252 e. The SMILES string of the molecule is c1ccc(-c2ccc3c(c2)B2c4ccccc4N4c5ccccc5B5c6cc7c(cc6N6c8cc9oc%10ccccc%10c9cc8B8c9cc(-c%10ccccc%10)ccc9N3c3c2c4c5c6c38)oc2ccccc27)cc1. The second kappa shape index (κ2) is 13.4. The number of benzene rings is 11. The normalized spacial score (nSPS) is 14.3. The summed E-state index contributed by atoms with van der Waals surface area (Å²) in [6.07, 6.45) is 0. The minimum atomic E-state index is -0.119. The Bertz CT molecular complexity index is 4740. The Morgan fingerprint density at radius 2 is 0.608 bits per heavy atom. The highest BCUT2D eigenvalue weighted by Crippen LogP contribution is 2.53. The first-order valence-electron chi connectivity index (χ1n) is 25.8. The first-order chi connectivity index (χ1) is 36.7. The maximum atomic E-state index is 6.88. The Labute approximate surface area is 426 Å². The summed E-state index contributed by atoms with van der Waals surface area (Å²) in [7, 11) is 0. The zero-order valence-corrected chi connectivity index (χ0v) is 39.7. The molecular weight excluding hydrogens is 899 g/mol. The molecule has 0 saturated heterocycles. The van der Waals surface area contributed by atoms with Crippen molar-refractivity contribution >= 4 is 164 Å². The van der Waals surface area contributed by atoms with E-state index < -0.39 is 0 Å². The number of fused-ring (bicyclic) bond motifs is 24. The fraction of sp³-hybridized carbons (Fsp3) is 0. The summed E-state index contributed by atoms with van der Waals surface area (Å²) in [6, 6.07) is 81.6. The van der Waals surface area contributed by atoms with Crippen LogP contribution < -0.4 is 63.9 Å². The molecule has 0 fully saturated rings. The first kappa shape index (κ1) is 38.3. The van der Waals surface area contributed by atoms with Gasteiger partial charge in [-0.2, -0.15) is 0 Å². The summed E-state index contributed by atoms with van der Waals surface area (Å²) in [5.74, 6) is 0. The number of nitrogens with zero attached hydrogens (tertiary/aromatic N) is 3. The van der Waals surface area contributed by atoms with E-state index in [2.05, 4.69) is 233 Å². The first-order valence-corrected chi connectivity index (χ1v) is 25.8. The molecule has 336 valence electrons. The molecule has 0 unspecified atom stereocenters. The molecule has 0 spiro atoms. The number of para-hydroxylation sites is 4.